The van der Waals surface area contributed by atoms with Gasteiger partial charge in [0, 0.05) is 18.4 Å². The van der Waals surface area contributed by atoms with Crippen LogP contribution in [0.25, 0.3) is 0 Å². The molecule has 1 fully saturated rings. The van der Waals surface area contributed by atoms with E-state index >= 15 is 0 Å². The Morgan fingerprint density at radius 2 is 2.09 bits per heavy atom. The van der Waals surface area contributed by atoms with Gasteiger partial charge >= 0.3 is 0 Å². The maximum Gasteiger partial charge on any atom is 0.274 e. The number of carbonyl (C=O) groups excluding carboxylic acids is 1. The lowest BCUT2D eigenvalue weighted by molar-refractivity contribution is 0.102. The van der Waals surface area contributed by atoms with Crippen LogP contribution in [-0.2, 0) is 0 Å². The maximum atomic E-state index is 12.3. The fraction of sp³-hybridized carbons (Fsp3) is 0.333. The Morgan fingerprint density at radius 3 is 2.82 bits per heavy atom. The number of pyridine rings is 1. The molecule has 2 heterocycles. The lowest BCUT2D eigenvalue weighted by Crippen LogP contribution is -2.28. The molecule has 4 heteroatoms. The number of carbonyl (C=O) groups is 1. The van der Waals surface area contributed by atoms with Crippen LogP contribution < -0.4 is 10.6 Å². The van der Waals surface area contributed by atoms with Crippen molar-refractivity contribution in [1.29, 1.82) is 0 Å². The highest BCUT2D eigenvalue weighted by Crippen LogP contribution is 2.23. The number of amides is 1. The number of rotatable bonds is 3. The van der Waals surface area contributed by atoms with E-state index in [2.05, 4.69) is 15.6 Å². The van der Waals surface area contributed by atoms with Crippen molar-refractivity contribution < 1.29 is 4.79 Å². The molecule has 3 rings (SSSR count). The number of hydrogen-bond donors (Lipinski definition) is 2. The van der Waals surface area contributed by atoms with E-state index in [4.69, 9.17) is 0 Å². The maximum absolute atomic E-state index is 12.3. The largest absolute Gasteiger partial charge is 0.321 e. The Kier molecular flexibility index (Phi) is 4.49. The standard InChI is InChI=1S/C18H21N3O/c1-13-4-6-16(7-5-13)21-18(22)17-11-14(8-10-20-17)15-3-2-9-19-12-15/h4-8,10-11,15,19H,2-3,9,12H2,1H3,(H,21,22). The number of hydrogen-bond acceptors (Lipinski definition) is 3. The second-order valence-electron chi connectivity index (χ2n) is 5.84. The molecule has 1 aromatic carbocycles. The van der Waals surface area contributed by atoms with Crippen LogP contribution in [0.1, 0.15) is 40.4 Å². The molecular formula is C18H21N3O. The van der Waals surface area contributed by atoms with Gasteiger partial charge in [-0.25, -0.2) is 0 Å². The van der Waals surface area contributed by atoms with Gasteiger partial charge in [-0.2, -0.15) is 0 Å². The molecule has 1 amide bonds. The van der Waals surface area contributed by atoms with Crippen LogP contribution in [0, 0.1) is 6.92 Å². The molecule has 1 saturated heterocycles. The molecule has 114 valence electrons. The summed E-state index contributed by atoms with van der Waals surface area (Å²) in [6, 6.07) is 11.7. The molecule has 1 atom stereocenters. The number of benzene rings is 1. The molecule has 1 unspecified atom stereocenters. The number of aromatic nitrogens is 1. The topological polar surface area (TPSA) is 54.0 Å². The molecule has 0 spiro atoms. The quantitative estimate of drug-likeness (QED) is 0.915. The van der Waals surface area contributed by atoms with Gasteiger partial charge in [0.25, 0.3) is 5.91 Å². The van der Waals surface area contributed by atoms with Crippen molar-refractivity contribution in [3.05, 3.63) is 59.4 Å². The Hall–Kier alpha value is -2.20. The van der Waals surface area contributed by atoms with Crippen molar-refractivity contribution in [2.75, 3.05) is 18.4 Å². The Balaban J connectivity index is 1.73. The van der Waals surface area contributed by atoms with Crippen LogP contribution >= 0.6 is 0 Å². The number of piperidine rings is 1. The summed E-state index contributed by atoms with van der Waals surface area (Å²) >= 11 is 0. The molecule has 0 saturated carbocycles. The highest BCUT2D eigenvalue weighted by Gasteiger charge is 2.17. The highest BCUT2D eigenvalue weighted by atomic mass is 16.1. The normalized spacial score (nSPS) is 18.0. The first kappa shape index (κ1) is 14.7. The third-order valence-corrected chi connectivity index (χ3v) is 4.09. The predicted molar refractivity (Wildman–Crippen MR) is 88.2 cm³/mol. The molecule has 4 nitrogen and oxygen atoms in total. The lowest BCUT2D eigenvalue weighted by Gasteiger charge is -2.23. The predicted octanol–water partition coefficient (Wildman–Crippen LogP) is 3.11. The van der Waals surface area contributed by atoms with Crippen LogP contribution in [0.4, 0.5) is 5.69 Å². The molecule has 2 aromatic rings. The van der Waals surface area contributed by atoms with Crippen LogP contribution in [-0.4, -0.2) is 24.0 Å². The summed E-state index contributed by atoms with van der Waals surface area (Å²) in [5, 5.41) is 6.30. The third-order valence-electron chi connectivity index (χ3n) is 4.09. The number of aryl methyl sites for hydroxylation is 1. The molecule has 1 aliphatic heterocycles. The van der Waals surface area contributed by atoms with Crippen molar-refractivity contribution >= 4 is 11.6 Å². The van der Waals surface area contributed by atoms with Gasteiger partial charge in [0.1, 0.15) is 5.69 Å². The van der Waals surface area contributed by atoms with Gasteiger partial charge in [0.05, 0.1) is 0 Å². The van der Waals surface area contributed by atoms with Crippen LogP contribution in [0.3, 0.4) is 0 Å². The molecule has 0 radical (unpaired) electrons. The molecule has 1 aliphatic rings. The molecule has 22 heavy (non-hydrogen) atoms. The van der Waals surface area contributed by atoms with Gasteiger partial charge < -0.3 is 10.6 Å². The minimum atomic E-state index is -0.158. The van der Waals surface area contributed by atoms with Crippen molar-refractivity contribution in [3.8, 4) is 0 Å². The average Bonchev–Trinajstić information content (AvgIpc) is 2.58. The van der Waals surface area contributed by atoms with Gasteiger partial charge in [0.2, 0.25) is 0 Å². The van der Waals surface area contributed by atoms with Gasteiger partial charge in [-0.15, -0.1) is 0 Å². The smallest absolute Gasteiger partial charge is 0.274 e. The lowest BCUT2D eigenvalue weighted by atomic mass is 9.92. The van der Waals surface area contributed by atoms with E-state index in [1.165, 1.54) is 17.5 Å². The molecule has 0 bridgehead atoms. The van der Waals surface area contributed by atoms with Crippen molar-refractivity contribution in [2.45, 2.75) is 25.7 Å². The summed E-state index contributed by atoms with van der Waals surface area (Å²) in [5.74, 6) is 0.317. The first-order chi connectivity index (χ1) is 10.7. The summed E-state index contributed by atoms with van der Waals surface area (Å²) in [6.45, 7) is 4.08. The Bertz CT molecular complexity index is 646. The molecular weight excluding hydrogens is 274 g/mol. The zero-order valence-corrected chi connectivity index (χ0v) is 12.8. The summed E-state index contributed by atoms with van der Waals surface area (Å²) in [7, 11) is 0. The number of anilines is 1. The van der Waals surface area contributed by atoms with E-state index in [9.17, 15) is 4.79 Å². The first-order valence-corrected chi connectivity index (χ1v) is 7.77. The summed E-state index contributed by atoms with van der Waals surface area (Å²) in [5.41, 5.74) is 3.63. The van der Waals surface area contributed by atoms with E-state index in [1.807, 2.05) is 43.3 Å². The fourth-order valence-electron chi connectivity index (χ4n) is 2.79. The van der Waals surface area contributed by atoms with Gasteiger partial charge in [0.15, 0.2) is 0 Å². The second kappa shape index (κ2) is 6.71. The summed E-state index contributed by atoms with van der Waals surface area (Å²) in [6.07, 6.45) is 4.07. The van der Waals surface area contributed by atoms with E-state index in [0.29, 0.717) is 11.6 Å². The van der Waals surface area contributed by atoms with Crippen LogP contribution in [0.5, 0.6) is 0 Å². The third kappa shape index (κ3) is 3.52. The average molecular weight is 295 g/mol. The van der Waals surface area contributed by atoms with Gasteiger partial charge in [-0.1, -0.05) is 17.7 Å². The van der Waals surface area contributed by atoms with E-state index in [-0.39, 0.29) is 5.91 Å². The minimum Gasteiger partial charge on any atom is -0.321 e. The van der Waals surface area contributed by atoms with Crippen molar-refractivity contribution in [3.63, 3.8) is 0 Å². The fourth-order valence-corrected chi connectivity index (χ4v) is 2.79. The molecule has 2 N–H and O–H groups in total. The molecule has 0 aliphatic carbocycles. The van der Waals surface area contributed by atoms with Crippen molar-refractivity contribution in [1.82, 2.24) is 10.3 Å². The van der Waals surface area contributed by atoms with Crippen molar-refractivity contribution in [2.24, 2.45) is 0 Å². The van der Waals surface area contributed by atoms with Crippen LogP contribution in [0.15, 0.2) is 42.6 Å². The Labute approximate surface area is 131 Å². The minimum absolute atomic E-state index is 0.158. The highest BCUT2D eigenvalue weighted by molar-refractivity contribution is 6.02. The number of nitrogens with zero attached hydrogens (tertiary/aromatic N) is 1. The van der Waals surface area contributed by atoms with E-state index in [0.717, 1.165) is 25.2 Å². The summed E-state index contributed by atoms with van der Waals surface area (Å²) in [4.78, 5) is 16.6. The first-order valence-electron chi connectivity index (χ1n) is 7.77. The summed E-state index contributed by atoms with van der Waals surface area (Å²) < 4.78 is 0. The van der Waals surface area contributed by atoms with E-state index in [1.54, 1.807) is 6.20 Å². The number of nitrogens with one attached hydrogen (secondary N) is 2. The van der Waals surface area contributed by atoms with E-state index < -0.39 is 0 Å². The van der Waals surface area contributed by atoms with Gasteiger partial charge in [-0.05, 0) is 62.1 Å². The zero-order chi connectivity index (χ0) is 15.4. The monoisotopic (exact) mass is 295 g/mol. The molecule has 1 aromatic heterocycles. The zero-order valence-electron chi connectivity index (χ0n) is 12.8. The van der Waals surface area contributed by atoms with Crippen LogP contribution in [0.2, 0.25) is 0 Å². The van der Waals surface area contributed by atoms with Gasteiger partial charge in [-0.3, -0.25) is 9.78 Å². The second-order valence-corrected chi connectivity index (χ2v) is 5.84. The SMILES string of the molecule is Cc1ccc(NC(=O)c2cc(C3CCCNC3)ccn2)cc1. The Morgan fingerprint density at radius 1 is 1.27 bits per heavy atom.